The van der Waals surface area contributed by atoms with Gasteiger partial charge in [-0.2, -0.15) is 0 Å². The number of nitrogens with one attached hydrogen (secondary N) is 1. The highest BCUT2D eigenvalue weighted by Gasteiger charge is 2.32. The molecule has 0 aromatic heterocycles. The molecule has 0 aromatic rings. The maximum Gasteiger partial charge on any atom is 0.0121 e. The van der Waals surface area contributed by atoms with E-state index in [1.54, 1.807) is 0 Å². The van der Waals surface area contributed by atoms with Crippen LogP contribution in [0.3, 0.4) is 0 Å². The second kappa shape index (κ2) is 8.19. The van der Waals surface area contributed by atoms with E-state index in [-0.39, 0.29) is 0 Å². The molecule has 1 heteroatoms. The van der Waals surface area contributed by atoms with Crippen LogP contribution >= 0.6 is 0 Å². The first-order chi connectivity index (χ1) is 8.58. The molecule has 0 amide bonds. The van der Waals surface area contributed by atoms with Crippen LogP contribution in [0.4, 0.5) is 0 Å². The summed E-state index contributed by atoms with van der Waals surface area (Å²) in [5.41, 5.74) is 0. The third-order valence-corrected chi connectivity index (χ3v) is 4.71. The Hall–Kier alpha value is -0.0400. The van der Waals surface area contributed by atoms with Crippen LogP contribution in [-0.4, -0.2) is 12.6 Å². The highest BCUT2D eigenvalue weighted by Crippen LogP contribution is 2.37. The van der Waals surface area contributed by atoms with Crippen LogP contribution in [0.5, 0.6) is 0 Å². The monoisotopic (exact) mass is 253 g/mol. The van der Waals surface area contributed by atoms with Gasteiger partial charge < -0.3 is 5.32 Å². The van der Waals surface area contributed by atoms with Crippen molar-refractivity contribution in [3.05, 3.63) is 0 Å². The van der Waals surface area contributed by atoms with E-state index in [2.05, 4.69) is 39.9 Å². The van der Waals surface area contributed by atoms with E-state index in [4.69, 9.17) is 0 Å². The van der Waals surface area contributed by atoms with Crippen LogP contribution in [0.1, 0.15) is 73.1 Å². The van der Waals surface area contributed by atoms with Gasteiger partial charge in [0, 0.05) is 6.04 Å². The molecule has 0 radical (unpaired) electrons. The Bertz CT molecular complexity index is 204. The van der Waals surface area contributed by atoms with Gasteiger partial charge in [0.2, 0.25) is 0 Å². The van der Waals surface area contributed by atoms with E-state index < -0.39 is 0 Å². The summed E-state index contributed by atoms with van der Waals surface area (Å²) < 4.78 is 0. The summed E-state index contributed by atoms with van der Waals surface area (Å²) in [6, 6.07) is 0.759. The van der Waals surface area contributed by atoms with Crippen molar-refractivity contribution in [1.82, 2.24) is 5.32 Å². The van der Waals surface area contributed by atoms with Crippen molar-refractivity contribution in [3.63, 3.8) is 0 Å². The van der Waals surface area contributed by atoms with E-state index >= 15 is 0 Å². The van der Waals surface area contributed by atoms with E-state index in [0.29, 0.717) is 0 Å². The molecule has 0 saturated heterocycles. The quantitative estimate of drug-likeness (QED) is 0.683. The van der Waals surface area contributed by atoms with E-state index in [0.717, 1.165) is 29.7 Å². The van der Waals surface area contributed by atoms with E-state index in [9.17, 15) is 0 Å². The molecule has 18 heavy (non-hydrogen) atoms. The summed E-state index contributed by atoms with van der Waals surface area (Å²) in [6.45, 7) is 13.1. The van der Waals surface area contributed by atoms with E-state index in [1.165, 1.54) is 45.1 Å². The van der Waals surface area contributed by atoms with Gasteiger partial charge in [-0.25, -0.2) is 0 Å². The lowest BCUT2D eigenvalue weighted by Gasteiger charge is -2.39. The van der Waals surface area contributed by atoms with Crippen molar-refractivity contribution in [3.8, 4) is 0 Å². The predicted octanol–water partition coefficient (Wildman–Crippen LogP) is 4.86. The molecule has 4 unspecified atom stereocenters. The summed E-state index contributed by atoms with van der Waals surface area (Å²) >= 11 is 0. The minimum absolute atomic E-state index is 0.759. The smallest absolute Gasteiger partial charge is 0.0121 e. The van der Waals surface area contributed by atoms with Crippen molar-refractivity contribution in [2.45, 2.75) is 79.2 Å². The zero-order chi connectivity index (χ0) is 13.5. The molecule has 108 valence electrons. The van der Waals surface area contributed by atoms with Gasteiger partial charge >= 0.3 is 0 Å². The first-order valence-electron chi connectivity index (χ1n) is 8.31. The third kappa shape index (κ3) is 4.91. The number of hydrogen-bond acceptors (Lipinski definition) is 1. The summed E-state index contributed by atoms with van der Waals surface area (Å²) in [6.07, 6.45) is 8.29. The Morgan fingerprint density at radius 3 is 2.11 bits per heavy atom. The fourth-order valence-corrected chi connectivity index (χ4v) is 4.08. The molecule has 1 aliphatic rings. The van der Waals surface area contributed by atoms with Crippen molar-refractivity contribution in [2.75, 3.05) is 6.54 Å². The molecule has 0 aromatic carbocycles. The first kappa shape index (κ1) is 16.0. The van der Waals surface area contributed by atoms with Crippen LogP contribution in [-0.2, 0) is 0 Å². The minimum atomic E-state index is 0.759. The van der Waals surface area contributed by atoms with Gasteiger partial charge in [-0.3, -0.25) is 0 Å². The average molecular weight is 253 g/mol. The van der Waals surface area contributed by atoms with Gasteiger partial charge in [0.15, 0.2) is 0 Å². The molecule has 0 aliphatic heterocycles. The number of hydrogen-bond donors (Lipinski definition) is 1. The van der Waals surface area contributed by atoms with Crippen LogP contribution in [0.15, 0.2) is 0 Å². The first-order valence-corrected chi connectivity index (χ1v) is 8.31. The lowest BCUT2D eigenvalue weighted by Crippen LogP contribution is -2.44. The fraction of sp³-hybridized carbons (Fsp3) is 1.00. The SMILES string of the molecule is CCCNC(C(C)CCC)C1CC(C)CC(C)C1. The topological polar surface area (TPSA) is 12.0 Å². The molecule has 1 aliphatic carbocycles. The summed E-state index contributed by atoms with van der Waals surface area (Å²) in [5.74, 6) is 3.61. The second-order valence-corrected chi connectivity index (χ2v) is 6.92. The summed E-state index contributed by atoms with van der Waals surface area (Å²) in [7, 11) is 0. The van der Waals surface area contributed by atoms with Gasteiger partial charge in [-0.05, 0) is 62.3 Å². The van der Waals surface area contributed by atoms with Crippen molar-refractivity contribution in [1.29, 1.82) is 0 Å². The van der Waals surface area contributed by atoms with Crippen molar-refractivity contribution >= 4 is 0 Å². The fourth-order valence-electron chi connectivity index (χ4n) is 4.08. The summed E-state index contributed by atoms with van der Waals surface area (Å²) in [5, 5.41) is 3.86. The Labute approximate surface area is 115 Å². The zero-order valence-corrected chi connectivity index (χ0v) is 13.3. The molecule has 1 rings (SSSR count). The highest BCUT2D eigenvalue weighted by atomic mass is 14.9. The standard InChI is InChI=1S/C17H35N/c1-6-8-15(5)17(18-9-7-2)16-11-13(3)10-14(4)12-16/h13-18H,6-12H2,1-5H3. The van der Waals surface area contributed by atoms with Crippen LogP contribution < -0.4 is 5.32 Å². The van der Waals surface area contributed by atoms with Gasteiger partial charge in [-0.1, -0.05) is 41.0 Å². The molecule has 0 bridgehead atoms. The molecule has 1 saturated carbocycles. The molecule has 0 heterocycles. The second-order valence-electron chi connectivity index (χ2n) is 6.92. The molecule has 4 atom stereocenters. The van der Waals surface area contributed by atoms with Crippen LogP contribution in [0.25, 0.3) is 0 Å². The Morgan fingerprint density at radius 1 is 1.00 bits per heavy atom. The van der Waals surface area contributed by atoms with Crippen molar-refractivity contribution in [2.24, 2.45) is 23.7 Å². The molecule has 0 spiro atoms. The van der Waals surface area contributed by atoms with Crippen LogP contribution in [0.2, 0.25) is 0 Å². The van der Waals surface area contributed by atoms with Crippen molar-refractivity contribution < 1.29 is 0 Å². The Kier molecular flexibility index (Phi) is 7.29. The van der Waals surface area contributed by atoms with Gasteiger partial charge in [0.1, 0.15) is 0 Å². The Morgan fingerprint density at radius 2 is 1.61 bits per heavy atom. The molecule has 1 nitrogen and oxygen atoms in total. The summed E-state index contributed by atoms with van der Waals surface area (Å²) in [4.78, 5) is 0. The Balaban J connectivity index is 2.61. The van der Waals surface area contributed by atoms with E-state index in [1.807, 2.05) is 0 Å². The maximum atomic E-state index is 3.86. The lowest BCUT2D eigenvalue weighted by atomic mass is 9.71. The van der Waals surface area contributed by atoms with Gasteiger partial charge in [0.25, 0.3) is 0 Å². The largest absolute Gasteiger partial charge is 0.313 e. The van der Waals surface area contributed by atoms with Gasteiger partial charge in [0.05, 0.1) is 0 Å². The average Bonchev–Trinajstić information content (AvgIpc) is 2.28. The highest BCUT2D eigenvalue weighted by molar-refractivity contribution is 4.86. The van der Waals surface area contributed by atoms with Crippen LogP contribution in [0, 0.1) is 23.7 Å². The third-order valence-electron chi connectivity index (χ3n) is 4.71. The normalized spacial score (nSPS) is 32.2. The molecular formula is C17H35N. The maximum absolute atomic E-state index is 3.86. The predicted molar refractivity (Wildman–Crippen MR) is 81.8 cm³/mol. The molecule has 1 N–H and O–H groups in total. The van der Waals surface area contributed by atoms with Gasteiger partial charge in [-0.15, -0.1) is 0 Å². The molecule has 1 fully saturated rings. The molecular weight excluding hydrogens is 218 g/mol. The number of rotatable bonds is 7. The minimum Gasteiger partial charge on any atom is -0.313 e. The zero-order valence-electron chi connectivity index (χ0n) is 13.3. The lowest BCUT2D eigenvalue weighted by molar-refractivity contribution is 0.144.